The first-order valence-electron chi connectivity index (χ1n) is 7.53. The van der Waals surface area contributed by atoms with Crippen LogP contribution in [0.2, 0.25) is 0 Å². The van der Waals surface area contributed by atoms with Crippen molar-refractivity contribution in [3.05, 3.63) is 65.0 Å². The summed E-state index contributed by atoms with van der Waals surface area (Å²) in [6.07, 6.45) is 0. The molecule has 0 aliphatic carbocycles. The molecule has 3 rings (SSSR count). The van der Waals surface area contributed by atoms with Crippen LogP contribution in [-0.2, 0) is 6.61 Å². The number of fused-ring (bicyclic) bond motifs is 2. The van der Waals surface area contributed by atoms with Gasteiger partial charge in [0.15, 0.2) is 0 Å². The number of benzene rings is 2. The number of hydrogen-bond acceptors (Lipinski definition) is 3. The van der Waals surface area contributed by atoms with Gasteiger partial charge < -0.3 is 15.0 Å². The Morgan fingerprint density at radius 2 is 2.00 bits per heavy atom. The van der Waals surface area contributed by atoms with E-state index in [1.165, 1.54) is 6.07 Å². The molecule has 0 aromatic heterocycles. The van der Waals surface area contributed by atoms with Crippen molar-refractivity contribution in [1.29, 1.82) is 0 Å². The van der Waals surface area contributed by atoms with Crippen LogP contribution in [-0.4, -0.2) is 32.1 Å². The first kappa shape index (κ1) is 15.0. The number of halogens is 1. The van der Waals surface area contributed by atoms with Gasteiger partial charge in [0, 0.05) is 18.7 Å². The Labute approximate surface area is 130 Å². The Kier molecular flexibility index (Phi) is 4.41. The molecule has 0 saturated carbocycles. The first-order valence-corrected chi connectivity index (χ1v) is 7.53. The van der Waals surface area contributed by atoms with Crippen LogP contribution in [0.25, 0.3) is 0 Å². The fraction of sp³-hybridized carbons (Fsp3) is 0.333. The Morgan fingerprint density at radius 1 is 1.18 bits per heavy atom. The van der Waals surface area contributed by atoms with Gasteiger partial charge in [-0.1, -0.05) is 24.3 Å². The minimum atomic E-state index is -0.235. The van der Waals surface area contributed by atoms with Crippen LogP contribution >= 0.6 is 0 Å². The topological polar surface area (TPSA) is 24.5 Å². The van der Waals surface area contributed by atoms with Gasteiger partial charge in [0.2, 0.25) is 0 Å². The van der Waals surface area contributed by atoms with E-state index in [4.69, 9.17) is 4.74 Å². The molecule has 3 nitrogen and oxygen atoms in total. The normalized spacial score (nSPS) is 16.6. The third-order valence-corrected chi connectivity index (χ3v) is 3.94. The first-order chi connectivity index (χ1) is 10.6. The summed E-state index contributed by atoms with van der Waals surface area (Å²) in [6.45, 7) is 2.26. The van der Waals surface area contributed by atoms with E-state index in [9.17, 15) is 4.39 Å². The van der Waals surface area contributed by atoms with Crippen molar-refractivity contribution in [2.75, 3.05) is 27.2 Å². The van der Waals surface area contributed by atoms with Gasteiger partial charge in [-0.2, -0.15) is 0 Å². The highest BCUT2D eigenvalue weighted by atomic mass is 19.1. The summed E-state index contributed by atoms with van der Waals surface area (Å²) in [5.74, 6) is 0.515. The summed E-state index contributed by atoms with van der Waals surface area (Å²) in [5.41, 5.74) is 3.16. The Morgan fingerprint density at radius 3 is 2.82 bits per heavy atom. The highest BCUT2D eigenvalue weighted by Gasteiger charge is 2.24. The zero-order valence-electron chi connectivity index (χ0n) is 13.0. The molecule has 2 aromatic rings. The van der Waals surface area contributed by atoms with Crippen LogP contribution < -0.4 is 10.1 Å². The molecular formula is C18H21FN2O. The minimum Gasteiger partial charge on any atom is -0.489 e. The predicted molar refractivity (Wildman–Crippen MR) is 85.6 cm³/mol. The summed E-state index contributed by atoms with van der Waals surface area (Å²) in [6, 6.07) is 12.9. The van der Waals surface area contributed by atoms with E-state index >= 15 is 0 Å². The molecule has 0 saturated heterocycles. The van der Waals surface area contributed by atoms with Crippen LogP contribution in [0.5, 0.6) is 5.75 Å². The van der Waals surface area contributed by atoms with Gasteiger partial charge in [-0.3, -0.25) is 0 Å². The molecule has 22 heavy (non-hydrogen) atoms. The quantitative estimate of drug-likeness (QED) is 0.939. The average Bonchev–Trinajstić information content (AvgIpc) is 2.65. The lowest BCUT2D eigenvalue weighted by Gasteiger charge is -2.22. The third kappa shape index (κ3) is 3.13. The van der Waals surface area contributed by atoms with Crippen LogP contribution in [0.4, 0.5) is 4.39 Å². The maximum absolute atomic E-state index is 13.7. The number of likely N-dealkylation sites (N-methyl/N-ethyl adjacent to an activating group) is 1. The van der Waals surface area contributed by atoms with E-state index < -0.39 is 0 Å². The summed E-state index contributed by atoms with van der Waals surface area (Å²) >= 11 is 0. The van der Waals surface area contributed by atoms with Gasteiger partial charge >= 0.3 is 0 Å². The Hall–Kier alpha value is -1.91. The lowest BCUT2D eigenvalue weighted by Crippen LogP contribution is -2.30. The molecule has 1 N–H and O–H groups in total. The van der Waals surface area contributed by atoms with E-state index in [0.717, 1.165) is 35.5 Å². The van der Waals surface area contributed by atoms with Crippen LogP contribution in [0.1, 0.15) is 22.7 Å². The van der Waals surface area contributed by atoms with Crippen LogP contribution in [0.15, 0.2) is 42.5 Å². The van der Waals surface area contributed by atoms with Crippen molar-refractivity contribution < 1.29 is 9.13 Å². The molecule has 0 amide bonds. The van der Waals surface area contributed by atoms with Crippen LogP contribution in [0, 0.1) is 5.82 Å². The fourth-order valence-electron chi connectivity index (χ4n) is 2.80. The molecular weight excluding hydrogens is 279 g/mol. The van der Waals surface area contributed by atoms with Crippen molar-refractivity contribution in [2.24, 2.45) is 0 Å². The SMILES string of the molecule is CN(C)CCNC1c2ccccc2COc2ccc(F)cc21. The summed E-state index contributed by atoms with van der Waals surface area (Å²) in [7, 11) is 4.08. The van der Waals surface area contributed by atoms with E-state index in [0.29, 0.717) is 6.61 Å². The molecule has 1 aliphatic heterocycles. The number of rotatable bonds is 4. The van der Waals surface area contributed by atoms with E-state index in [-0.39, 0.29) is 11.9 Å². The molecule has 0 spiro atoms. The van der Waals surface area contributed by atoms with Crippen molar-refractivity contribution in [2.45, 2.75) is 12.6 Å². The molecule has 2 aromatic carbocycles. The van der Waals surface area contributed by atoms with E-state index in [1.54, 1.807) is 12.1 Å². The van der Waals surface area contributed by atoms with Gasteiger partial charge in [0.05, 0.1) is 6.04 Å². The maximum atomic E-state index is 13.7. The molecule has 1 aliphatic rings. The van der Waals surface area contributed by atoms with Gasteiger partial charge in [0.25, 0.3) is 0 Å². The highest BCUT2D eigenvalue weighted by Crippen LogP contribution is 2.36. The average molecular weight is 300 g/mol. The van der Waals surface area contributed by atoms with Gasteiger partial charge in [0.1, 0.15) is 18.2 Å². The number of ether oxygens (including phenoxy) is 1. The highest BCUT2D eigenvalue weighted by molar-refractivity contribution is 5.46. The largest absolute Gasteiger partial charge is 0.489 e. The van der Waals surface area contributed by atoms with Gasteiger partial charge in [-0.25, -0.2) is 4.39 Å². The third-order valence-electron chi connectivity index (χ3n) is 3.94. The predicted octanol–water partition coefficient (Wildman–Crippen LogP) is 2.96. The fourth-order valence-corrected chi connectivity index (χ4v) is 2.80. The molecule has 1 atom stereocenters. The van der Waals surface area contributed by atoms with Crippen molar-refractivity contribution in [1.82, 2.24) is 10.2 Å². The molecule has 116 valence electrons. The Bertz CT molecular complexity index is 657. The summed E-state index contributed by atoms with van der Waals surface area (Å²) < 4.78 is 19.6. The van der Waals surface area contributed by atoms with Gasteiger partial charge in [-0.05, 0) is 43.4 Å². The minimum absolute atomic E-state index is 0.0515. The van der Waals surface area contributed by atoms with Crippen molar-refractivity contribution >= 4 is 0 Å². The lowest BCUT2D eigenvalue weighted by molar-refractivity contribution is 0.306. The smallest absolute Gasteiger partial charge is 0.125 e. The zero-order chi connectivity index (χ0) is 15.5. The maximum Gasteiger partial charge on any atom is 0.125 e. The molecule has 0 bridgehead atoms. The standard InChI is InChI=1S/C18H21FN2O/c1-21(2)10-9-20-18-15-6-4-3-5-13(15)12-22-17-8-7-14(19)11-16(17)18/h3-8,11,18,20H,9-10,12H2,1-2H3. The van der Waals surface area contributed by atoms with Crippen molar-refractivity contribution in [3.8, 4) is 5.75 Å². The molecule has 0 fully saturated rings. The summed E-state index contributed by atoms with van der Waals surface area (Å²) in [4.78, 5) is 2.12. The molecule has 1 heterocycles. The lowest BCUT2D eigenvalue weighted by atomic mass is 9.95. The van der Waals surface area contributed by atoms with Crippen LogP contribution in [0.3, 0.4) is 0 Å². The second kappa shape index (κ2) is 6.46. The van der Waals surface area contributed by atoms with E-state index in [1.807, 2.05) is 26.2 Å². The number of nitrogens with one attached hydrogen (secondary N) is 1. The Balaban J connectivity index is 1.98. The van der Waals surface area contributed by atoms with Crippen molar-refractivity contribution in [3.63, 3.8) is 0 Å². The van der Waals surface area contributed by atoms with E-state index in [2.05, 4.69) is 22.3 Å². The molecule has 0 radical (unpaired) electrons. The second-order valence-corrected chi connectivity index (χ2v) is 5.86. The molecule has 4 heteroatoms. The number of hydrogen-bond donors (Lipinski definition) is 1. The summed E-state index contributed by atoms with van der Waals surface area (Å²) in [5, 5.41) is 3.54. The van der Waals surface area contributed by atoms with Gasteiger partial charge in [-0.15, -0.1) is 0 Å². The second-order valence-electron chi connectivity index (χ2n) is 5.86. The monoisotopic (exact) mass is 300 g/mol. The molecule has 1 unspecified atom stereocenters. The zero-order valence-corrected chi connectivity index (χ0v) is 13.0. The number of nitrogens with zero attached hydrogens (tertiary/aromatic N) is 1.